The number of amides is 2. The van der Waals surface area contributed by atoms with Crippen molar-refractivity contribution < 1.29 is 33.1 Å². The number of rotatable bonds is 7. The van der Waals surface area contributed by atoms with E-state index >= 15 is 0 Å². The third-order valence-electron chi connectivity index (χ3n) is 4.00. The molecule has 0 unspecified atom stereocenters. The molecule has 0 aliphatic rings. The van der Waals surface area contributed by atoms with Gasteiger partial charge in [-0.15, -0.1) is 0 Å². The fourth-order valence-corrected chi connectivity index (χ4v) is 2.73. The number of aryl methyl sites for hydroxylation is 3. The van der Waals surface area contributed by atoms with Gasteiger partial charge in [-0.2, -0.15) is 0 Å². The maximum absolute atomic E-state index is 12.2. The average molecular weight is 402 g/mol. The Morgan fingerprint density at radius 3 is 2.31 bits per heavy atom. The van der Waals surface area contributed by atoms with E-state index in [1.807, 2.05) is 13.0 Å². The number of benzene rings is 1. The summed E-state index contributed by atoms with van der Waals surface area (Å²) in [5, 5.41) is 2.29. The first kappa shape index (κ1) is 21.7. The number of anilines is 1. The SMILES string of the molecule is CCOC(=O)c1c(C)oc(NC(=O)COC(=O)c2ccc(C)cc2C)c1C(N)=O. The van der Waals surface area contributed by atoms with Gasteiger partial charge in [0.1, 0.15) is 16.9 Å². The molecule has 0 bridgehead atoms. The van der Waals surface area contributed by atoms with Crippen LogP contribution < -0.4 is 11.1 Å². The Bertz CT molecular complexity index is 975. The summed E-state index contributed by atoms with van der Waals surface area (Å²) < 4.78 is 15.2. The first-order valence-corrected chi connectivity index (χ1v) is 8.80. The van der Waals surface area contributed by atoms with Crippen LogP contribution in [0.2, 0.25) is 0 Å². The van der Waals surface area contributed by atoms with Gasteiger partial charge < -0.3 is 19.6 Å². The van der Waals surface area contributed by atoms with E-state index in [4.69, 9.17) is 19.6 Å². The van der Waals surface area contributed by atoms with Crippen molar-refractivity contribution in [2.75, 3.05) is 18.5 Å². The summed E-state index contributed by atoms with van der Waals surface area (Å²) in [6.07, 6.45) is 0. The minimum absolute atomic E-state index is 0.0554. The highest BCUT2D eigenvalue weighted by atomic mass is 16.5. The second-order valence-electron chi connectivity index (χ2n) is 6.26. The number of nitrogens with two attached hydrogens (primary N) is 1. The molecule has 0 fully saturated rings. The van der Waals surface area contributed by atoms with E-state index in [9.17, 15) is 19.2 Å². The van der Waals surface area contributed by atoms with Crippen LogP contribution in [0.15, 0.2) is 22.6 Å². The zero-order valence-electron chi connectivity index (χ0n) is 16.6. The summed E-state index contributed by atoms with van der Waals surface area (Å²) >= 11 is 0. The normalized spacial score (nSPS) is 10.3. The molecule has 0 saturated heterocycles. The number of nitrogens with one attached hydrogen (secondary N) is 1. The molecule has 2 rings (SSSR count). The number of furan rings is 1. The Balaban J connectivity index is 2.12. The summed E-state index contributed by atoms with van der Waals surface area (Å²) in [4.78, 5) is 48.2. The number of hydrogen-bond acceptors (Lipinski definition) is 7. The summed E-state index contributed by atoms with van der Waals surface area (Å²) in [5.41, 5.74) is 6.88. The summed E-state index contributed by atoms with van der Waals surface area (Å²) in [5.74, 6) is -3.48. The second-order valence-corrected chi connectivity index (χ2v) is 6.26. The zero-order chi connectivity index (χ0) is 21.7. The number of carbonyl (C=O) groups excluding carboxylic acids is 4. The van der Waals surface area contributed by atoms with Gasteiger partial charge in [0.25, 0.3) is 11.8 Å². The van der Waals surface area contributed by atoms with Crippen molar-refractivity contribution in [2.45, 2.75) is 27.7 Å². The van der Waals surface area contributed by atoms with Crippen molar-refractivity contribution in [1.29, 1.82) is 0 Å². The molecule has 3 N–H and O–H groups in total. The molecule has 0 aliphatic heterocycles. The predicted octanol–water partition coefficient (Wildman–Crippen LogP) is 2.28. The van der Waals surface area contributed by atoms with Crippen LogP contribution in [-0.2, 0) is 14.3 Å². The van der Waals surface area contributed by atoms with Crippen molar-refractivity contribution >= 4 is 29.6 Å². The first-order chi connectivity index (χ1) is 13.6. The van der Waals surface area contributed by atoms with Crippen LogP contribution in [0.4, 0.5) is 5.88 Å². The zero-order valence-corrected chi connectivity index (χ0v) is 16.6. The maximum atomic E-state index is 12.2. The fraction of sp³-hybridized carbons (Fsp3) is 0.300. The molecular formula is C20H22N2O7. The Kier molecular flexibility index (Phi) is 6.76. The highest BCUT2D eigenvalue weighted by Gasteiger charge is 2.29. The van der Waals surface area contributed by atoms with Crippen LogP contribution in [-0.4, -0.2) is 37.0 Å². The summed E-state index contributed by atoms with van der Waals surface area (Å²) in [7, 11) is 0. The largest absolute Gasteiger partial charge is 0.462 e. The quantitative estimate of drug-likeness (QED) is 0.678. The van der Waals surface area contributed by atoms with Crippen LogP contribution >= 0.6 is 0 Å². The van der Waals surface area contributed by atoms with Gasteiger partial charge in [-0.25, -0.2) is 9.59 Å². The Hall–Kier alpha value is -3.62. The lowest BCUT2D eigenvalue weighted by molar-refractivity contribution is -0.119. The van der Waals surface area contributed by atoms with Gasteiger partial charge in [-0.3, -0.25) is 14.9 Å². The lowest BCUT2D eigenvalue weighted by Crippen LogP contribution is -2.24. The van der Waals surface area contributed by atoms with Crippen LogP contribution in [0, 0.1) is 20.8 Å². The van der Waals surface area contributed by atoms with Crippen molar-refractivity contribution in [1.82, 2.24) is 0 Å². The van der Waals surface area contributed by atoms with E-state index in [-0.39, 0.29) is 29.4 Å². The third kappa shape index (κ3) is 5.01. The van der Waals surface area contributed by atoms with Gasteiger partial charge >= 0.3 is 11.9 Å². The summed E-state index contributed by atoms with van der Waals surface area (Å²) in [6, 6.07) is 5.18. The number of ether oxygens (including phenoxy) is 2. The topological polar surface area (TPSA) is 138 Å². The molecule has 9 heteroatoms. The van der Waals surface area contributed by atoms with Crippen LogP contribution in [0.1, 0.15) is 54.9 Å². The molecule has 0 spiro atoms. The van der Waals surface area contributed by atoms with E-state index in [1.165, 1.54) is 6.92 Å². The molecular weight excluding hydrogens is 380 g/mol. The average Bonchev–Trinajstić information content (AvgIpc) is 2.96. The minimum atomic E-state index is -0.979. The lowest BCUT2D eigenvalue weighted by atomic mass is 10.1. The van der Waals surface area contributed by atoms with Gasteiger partial charge in [0.15, 0.2) is 6.61 Å². The molecule has 29 heavy (non-hydrogen) atoms. The smallest absolute Gasteiger partial charge is 0.342 e. The molecule has 1 aromatic heterocycles. The Morgan fingerprint density at radius 2 is 1.72 bits per heavy atom. The molecule has 154 valence electrons. The van der Waals surface area contributed by atoms with Crippen molar-refractivity contribution in [3.63, 3.8) is 0 Å². The van der Waals surface area contributed by atoms with E-state index in [0.717, 1.165) is 5.56 Å². The Labute approximate surface area is 167 Å². The molecule has 0 radical (unpaired) electrons. The third-order valence-corrected chi connectivity index (χ3v) is 4.00. The van der Waals surface area contributed by atoms with Crippen molar-refractivity contribution in [2.24, 2.45) is 5.73 Å². The van der Waals surface area contributed by atoms with Gasteiger partial charge in [-0.05, 0) is 39.3 Å². The second kappa shape index (κ2) is 9.05. The highest BCUT2D eigenvalue weighted by molar-refractivity contribution is 6.10. The molecule has 2 amide bonds. The molecule has 0 aliphatic carbocycles. The van der Waals surface area contributed by atoms with E-state index in [2.05, 4.69) is 5.32 Å². The molecule has 9 nitrogen and oxygen atoms in total. The minimum Gasteiger partial charge on any atom is -0.462 e. The van der Waals surface area contributed by atoms with Gasteiger partial charge in [0, 0.05) is 0 Å². The Morgan fingerprint density at radius 1 is 1.03 bits per heavy atom. The maximum Gasteiger partial charge on any atom is 0.342 e. The predicted molar refractivity (Wildman–Crippen MR) is 103 cm³/mol. The van der Waals surface area contributed by atoms with E-state index < -0.39 is 30.4 Å². The summed E-state index contributed by atoms with van der Waals surface area (Å²) in [6.45, 7) is 6.13. The molecule has 0 atom stereocenters. The first-order valence-electron chi connectivity index (χ1n) is 8.80. The molecule has 1 aromatic carbocycles. The number of primary amides is 1. The number of esters is 2. The highest BCUT2D eigenvalue weighted by Crippen LogP contribution is 2.27. The molecule has 2 aromatic rings. The van der Waals surface area contributed by atoms with Crippen LogP contribution in [0.25, 0.3) is 0 Å². The number of carbonyl (C=O) groups is 4. The lowest BCUT2D eigenvalue weighted by Gasteiger charge is -2.08. The van der Waals surface area contributed by atoms with E-state index in [0.29, 0.717) is 11.1 Å². The molecule has 0 saturated carbocycles. The van der Waals surface area contributed by atoms with Crippen LogP contribution in [0.3, 0.4) is 0 Å². The fourth-order valence-electron chi connectivity index (χ4n) is 2.73. The molecule has 1 heterocycles. The van der Waals surface area contributed by atoms with Crippen LogP contribution in [0.5, 0.6) is 0 Å². The number of hydrogen-bond donors (Lipinski definition) is 2. The standard InChI is InChI=1S/C20H22N2O7/c1-5-27-20(26)15-12(4)29-18(16(15)17(21)24)22-14(23)9-28-19(25)13-7-6-10(2)8-11(13)3/h6-8H,5,9H2,1-4H3,(H2,21,24)(H,22,23). The van der Waals surface area contributed by atoms with Gasteiger partial charge in [0.2, 0.25) is 5.88 Å². The monoisotopic (exact) mass is 402 g/mol. The van der Waals surface area contributed by atoms with Crippen molar-refractivity contribution in [3.05, 3.63) is 51.8 Å². The van der Waals surface area contributed by atoms with E-state index in [1.54, 1.807) is 26.0 Å². The van der Waals surface area contributed by atoms with Gasteiger partial charge in [-0.1, -0.05) is 17.7 Å². The van der Waals surface area contributed by atoms with Gasteiger partial charge in [0.05, 0.1) is 12.2 Å². The van der Waals surface area contributed by atoms with Crippen molar-refractivity contribution in [3.8, 4) is 0 Å².